The van der Waals surface area contributed by atoms with Crippen molar-refractivity contribution in [2.75, 3.05) is 13.7 Å². The van der Waals surface area contributed by atoms with Gasteiger partial charge < -0.3 is 9.64 Å². The second-order valence-corrected chi connectivity index (χ2v) is 7.05. The Labute approximate surface area is 147 Å². The summed E-state index contributed by atoms with van der Waals surface area (Å²) in [7, 11) is 1.68. The SMILES string of the molecule is COc1cccc(C[C@@H]2CCCN2C(=O)Cn2cc(C3CC3)nn2)c1. The maximum Gasteiger partial charge on any atom is 0.244 e. The Kier molecular flexibility index (Phi) is 4.42. The van der Waals surface area contributed by atoms with Gasteiger partial charge >= 0.3 is 0 Å². The number of carbonyl (C=O) groups is 1. The number of hydrogen-bond acceptors (Lipinski definition) is 4. The number of hydrogen-bond donors (Lipinski definition) is 0. The van der Waals surface area contributed by atoms with Gasteiger partial charge in [-0.2, -0.15) is 0 Å². The molecule has 1 aromatic carbocycles. The molecule has 0 radical (unpaired) electrons. The molecule has 2 fully saturated rings. The molecule has 4 rings (SSSR count). The molecule has 132 valence electrons. The number of aromatic nitrogens is 3. The lowest BCUT2D eigenvalue weighted by molar-refractivity contribution is -0.132. The van der Waals surface area contributed by atoms with E-state index in [0.29, 0.717) is 5.92 Å². The van der Waals surface area contributed by atoms with Crippen molar-refractivity contribution in [3.8, 4) is 5.75 Å². The van der Waals surface area contributed by atoms with Crippen LogP contribution in [0.5, 0.6) is 5.75 Å². The molecule has 1 atom stereocenters. The second kappa shape index (κ2) is 6.86. The molecule has 1 saturated heterocycles. The van der Waals surface area contributed by atoms with Crippen LogP contribution in [0.2, 0.25) is 0 Å². The Balaban J connectivity index is 1.40. The Bertz CT molecular complexity index is 753. The van der Waals surface area contributed by atoms with E-state index in [1.54, 1.807) is 11.8 Å². The van der Waals surface area contributed by atoms with Crippen LogP contribution in [0.15, 0.2) is 30.5 Å². The van der Waals surface area contributed by atoms with E-state index < -0.39 is 0 Å². The minimum atomic E-state index is 0.137. The number of amides is 1. The lowest BCUT2D eigenvalue weighted by Gasteiger charge is -2.25. The van der Waals surface area contributed by atoms with Gasteiger partial charge in [0.25, 0.3) is 0 Å². The van der Waals surface area contributed by atoms with Crippen LogP contribution in [0.4, 0.5) is 0 Å². The molecule has 6 nitrogen and oxygen atoms in total. The first-order valence-corrected chi connectivity index (χ1v) is 9.05. The normalized spacial score (nSPS) is 20.0. The number of likely N-dealkylation sites (tertiary alicyclic amines) is 1. The van der Waals surface area contributed by atoms with Crippen molar-refractivity contribution in [3.63, 3.8) is 0 Å². The molecule has 2 heterocycles. The fraction of sp³-hybridized carbons (Fsp3) is 0.526. The molecule has 25 heavy (non-hydrogen) atoms. The van der Waals surface area contributed by atoms with Crippen molar-refractivity contribution >= 4 is 5.91 Å². The third-order valence-corrected chi connectivity index (χ3v) is 5.15. The van der Waals surface area contributed by atoms with Crippen LogP contribution in [0.25, 0.3) is 0 Å². The largest absolute Gasteiger partial charge is 0.497 e. The number of ether oxygens (including phenoxy) is 1. The van der Waals surface area contributed by atoms with Crippen molar-refractivity contribution in [1.29, 1.82) is 0 Å². The molecule has 0 N–H and O–H groups in total. The molecule has 6 heteroatoms. The van der Waals surface area contributed by atoms with Gasteiger partial charge in [0.1, 0.15) is 12.3 Å². The van der Waals surface area contributed by atoms with Gasteiger partial charge in [-0.15, -0.1) is 5.10 Å². The fourth-order valence-corrected chi connectivity index (χ4v) is 3.63. The Morgan fingerprint density at radius 1 is 1.32 bits per heavy atom. The zero-order valence-corrected chi connectivity index (χ0v) is 14.6. The number of nitrogens with zero attached hydrogens (tertiary/aromatic N) is 4. The predicted octanol–water partition coefficient (Wildman–Crippen LogP) is 2.40. The van der Waals surface area contributed by atoms with Gasteiger partial charge in [0.15, 0.2) is 0 Å². The van der Waals surface area contributed by atoms with Crippen LogP contribution < -0.4 is 4.74 Å². The van der Waals surface area contributed by atoms with E-state index in [1.807, 2.05) is 23.2 Å². The Morgan fingerprint density at radius 2 is 2.20 bits per heavy atom. The van der Waals surface area contributed by atoms with Crippen molar-refractivity contribution in [2.24, 2.45) is 0 Å². The molecule has 0 unspecified atom stereocenters. The first kappa shape index (κ1) is 16.1. The Hall–Kier alpha value is -2.37. The molecular weight excluding hydrogens is 316 g/mol. The molecule has 1 aromatic heterocycles. The number of methoxy groups -OCH3 is 1. The highest BCUT2D eigenvalue weighted by Crippen LogP contribution is 2.38. The summed E-state index contributed by atoms with van der Waals surface area (Å²) in [6.07, 6.45) is 7.30. The van der Waals surface area contributed by atoms with Crippen molar-refractivity contribution in [1.82, 2.24) is 19.9 Å². The highest BCUT2D eigenvalue weighted by Gasteiger charge is 2.30. The molecule has 2 aromatic rings. The van der Waals surface area contributed by atoms with Crippen LogP contribution in [0.1, 0.15) is 42.9 Å². The molecule has 1 aliphatic heterocycles. The third-order valence-electron chi connectivity index (χ3n) is 5.15. The molecule has 1 amide bonds. The average Bonchev–Trinajstić information content (AvgIpc) is 3.19. The van der Waals surface area contributed by atoms with Gasteiger partial charge in [-0.25, -0.2) is 4.68 Å². The van der Waals surface area contributed by atoms with Crippen LogP contribution in [-0.4, -0.2) is 45.5 Å². The maximum absolute atomic E-state index is 12.7. The van der Waals surface area contributed by atoms with Crippen molar-refractivity contribution < 1.29 is 9.53 Å². The smallest absolute Gasteiger partial charge is 0.244 e. The zero-order valence-electron chi connectivity index (χ0n) is 14.6. The zero-order chi connectivity index (χ0) is 17.2. The first-order valence-electron chi connectivity index (χ1n) is 9.05. The summed E-state index contributed by atoms with van der Waals surface area (Å²) in [5.74, 6) is 1.57. The van der Waals surface area contributed by atoms with Gasteiger partial charge in [-0.1, -0.05) is 17.3 Å². The lowest BCUT2D eigenvalue weighted by Crippen LogP contribution is -2.39. The summed E-state index contributed by atoms with van der Waals surface area (Å²) in [4.78, 5) is 14.8. The summed E-state index contributed by atoms with van der Waals surface area (Å²) in [5, 5.41) is 8.32. The van der Waals surface area contributed by atoms with E-state index >= 15 is 0 Å². The highest BCUT2D eigenvalue weighted by atomic mass is 16.5. The van der Waals surface area contributed by atoms with E-state index in [-0.39, 0.29) is 18.5 Å². The predicted molar refractivity (Wildman–Crippen MR) is 93.4 cm³/mol. The molecular formula is C19H24N4O2. The topological polar surface area (TPSA) is 60.2 Å². The summed E-state index contributed by atoms with van der Waals surface area (Å²) < 4.78 is 6.99. The van der Waals surface area contributed by atoms with Crippen LogP contribution in [0.3, 0.4) is 0 Å². The van der Waals surface area contributed by atoms with Gasteiger partial charge in [0.05, 0.1) is 12.8 Å². The van der Waals surface area contributed by atoms with Crippen molar-refractivity contribution in [2.45, 2.75) is 50.6 Å². The Morgan fingerprint density at radius 3 is 3.00 bits per heavy atom. The van der Waals surface area contributed by atoms with Gasteiger partial charge in [-0.05, 0) is 49.8 Å². The first-order chi connectivity index (χ1) is 12.2. The van der Waals surface area contributed by atoms with E-state index in [9.17, 15) is 4.79 Å². The number of carbonyl (C=O) groups excluding carboxylic acids is 1. The van der Waals surface area contributed by atoms with E-state index in [2.05, 4.69) is 22.4 Å². The molecule has 0 bridgehead atoms. The van der Waals surface area contributed by atoms with Crippen LogP contribution in [-0.2, 0) is 17.8 Å². The van der Waals surface area contributed by atoms with Gasteiger partial charge in [0, 0.05) is 24.7 Å². The summed E-state index contributed by atoms with van der Waals surface area (Å²) in [6.45, 7) is 1.12. The van der Waals surface area contributed by atoms with Crippen LogP contribution >= 0.6 is 0 Å². The highest BCUT2D eigenvalue weighted by molar-refractivity contribution is 5.76. The monoisotopic (exact) mass is 340 g/mol. The maximum atomic E-state index is 12.7. The lowest BCUT2D eigenvalue weighted by atomic mass is 10.0. The fourth-order valence-electron chi connectivity index (χ4n) is 3.63. The van der Waals surface area contributed by atoms with Gasteiger partial charge in [0.2, 0.25) is 5.91 Å². The van der Waals surface area contributed by atoms with E-state index in [4.69, 9.17) is 4.74 Å². The molecule has 1 saturated carbocycles. The summed E-state index contributed by atoms with van der Waals surface area (Å²) in [5.41, 5.74) is 2.24. The number of benzene rings is 1. The molecule has 1 aliphatic carbocycles. The minimum absolute atomic E-state index is 0.137. The van der Waals surface area contributed by atoms with Gasteiger partial charge in [-0.3, -0.25) is 4.79 Å². The average molecular weight is 340 g/mol. The third kappa shape index (κ3) is 3.67. The molecule has 0 spiro atoms. The van der Waals surface area contributed by atoms with E-state index in [0.717, 1.165) is 37.3 Å². The quantitative estimate of drug-likeness (QED) is 0.810. The molecule has 2 aliphatic rings. The van der Waals surface area contributed by atoms with Crippen molar-refractivity contribution in [3.05, 3.63) is 41.7 Å². The summed E-state index contributed by atoms with van der Waals surface area (Å²) in [6, 6.07) is 8.36. The minimum Gasteiger partial charge on any atom is -0.497 e. The van der Waals surface area contributed by atoms with E-state index in [1.165, 1.54) is 18.4 Å². The summed E-state index contributed by atoms with van der Waals surface area (Å²) >= 11 is 0. The van der Waals surface area contributed by atoms with Crippen LogP contribution in [0, 0.1) is 0 Å². The number of rotatable bonds is 6. The second-order valence-electron chi connectivity index (χ2n) is 7.05. The standard InChI is InChI=1S/C19H24N4O2/c1-25-17-6-2-4-14(11-17)10-16-5-3-9-23(16)19(24)13-22-12-18(20-21-22)15-7-8-15/h2,4,6,11-12,15-16H,3,5,7-10,13H2,1H3/t16-/m0/s1.